The molecule has 1 aliphatic carbocycles. The van der Waals surface area contributed by atoms with Crippen LogP contribution in [-0.2, 0) is 6.42 Å². The Labute approximate surface area is 193 Å². The first-order valence-electron chi connectivity index (χ1n) is 11.6. The standard InChI is InChI=1S/C30H23O2P/c1-4-12-23-20(8-1)11-7-15-28(23)33-31-26-18-16-21-9-2-5-13-24(21)29(26)30-25-14-6-3-10-22(25)17-19-27(30)32-33/h1-6,8-10,12-14,16-19,28H,7,11,15H2. The quantitative estimate of drug-likeness (QED) is 0.251. The predicted octanol–water partition coefficient (Wildman–Crippen LogP) is 9.52. The summed E-state index contributed by atoms with van der Waals surface area (Å²) in [6.45, 7) is 0. The fourth-order valence-corrected chi connectivity index (χ4v) is 7.31. The molecule has 2 nitrogen and oxygen atoms in total. The second-order valence-corrected chi connectivity index (χ2v) is 10.5. The number of fused-ring (bicyclic) bond motifs is 8. The summed E-state index contributed by atoms with van der Waals surface area (Å²) in [5, 5.41) is 7.14. The largest absolute Gasteiger partial charge is 0.419 e. The first-order valence-corrected chi connectivity index (χ1v) is 12.9. The van der Waals surface area contributed by atoms with Gasteiger partial charge in [-0.3, -0.25) is 0 Å². The van der Waals surface area contributed by atoms with Gasteiger partial charge < -0.3 is 8.39 Å². The van der Waals surface area contributed by atoms with E-state index >= 15 is 0 Å². The Morgan fingerprint density at radius 3 is 1.85 bits per heavy atom. The number of hydrogen-bond donors (Lipinski definition) is 0. The third kappa shape index (κ3) is 3.02. The Hall–Kier alpha value is -3.48. The van der Waals surface area contributed by atoms with Gasteiger partial charge in [0.1, 0.15) is 11.2 Å². The normalized spacial score (nSPS) is 15.8. The maximum atomic E-state index is 6.84. The maximum Gasteiger partial charge on any atom is 0.224 e. The highest BCUT2D eigenvalue weighted by atomic mass is 31.1. The average molecular weight is 446 g/mol. The molecular weight excluding hydrogens is 423 g/mol. The number of hydrogen-bond acceptors (Lipinski definition) is 2. The fourth-order valence-electron chi connectivity index (χ4n) is 5.46. The summed E-state index contributed by atoms with van der Waals surface area (Å²) >= 11 is 0. The maximum absolute atomic E-state index is 6.84. The van der Waals surface area contributed by atoms with E-state index in [0.717, 1.165) is 34.8 Å². The van der Waals surface area contributed by atoms with Crippen LogP contribution in [0.25, 0.3) is 43.5 Å². The topological polar surface area (TPSA) is 26.3 Å². The molecule has 6 aromatic rings. The van der Waals surface area contributed by atoms with Gasteiger partial charge in [-0.25, -0.2) is 0 Å². The van der Waals surface area contributed by atoms with Gasteiger partial charge in [0.15, 0.2) is 0 Å². The molecule has 3 heteroatoms. The van der Waals surface area contributed by atoms with E-state index in [-0.39, 0.29) is 5.66 Å². The van der Waals surface area contributed by atoms with Crippen molar-refractivity contribution in [3.8, 4) is 0 Å². The first kappa shape index (κ1) is 19.0. The zero-order chi connectivity index (χ0) is 21.8. The van der Waals surface area contributed by atoms with Crippen molar-refractivity contribution in [2.75, 3.05) is 0 Å². The van der Waals surface area contributed by atoms with E-state index in [1.807, 2.05) is 0 Å². The van der Waals surface area contributed by atoms with Gasteiger partial charge in [0.25, 0.3) is 0 Å². The first-order chi connectivity index (χ1) is 16.4. The molecule has 0 N–H and O–H groups in total. The third-order valence-corrected chi connectivity index (χ3v) is 8.80. The van der Waals surface area contributed by atoms with Crippen molar-refractivity contribution >= 4 is 51.5 Å². The van der Waals surface area contributed by atoms with Gasteiger partial charge in [-0.2, -0.15) is 0 Å². The van der Waals surface area contributed by atoms with Crippen LogP contribution in [-0.4, -0.2) is 0 Å². The van der Waals surface area contributed by atoms with Gasteiger partial charge in [-0.1, -0.05) is 84.9 Å². The average Bonchev–Trinajstić information content (AvgIpc) is 3.05. The molecule has 5 aromatic carbocycles. The van der Waals surface area contributed by atoms with Crippen LogP contribution in [0.2, 0.25) is 0 Å². The Bertz CT molecular complexity index is 1620. The molecule has 0 saturated heterocycles. The lowest BCUT2D eigenvalue weighted by atomic mass is 9.91. The molecule has 0 aliphatic heterocycles. The van der Waals surface area contributed by atoms with Gasteiger partial charge in [-0.05, 0) is 64.1 Å². The predicted molar refractivity (Wildman–Crippen MR) is 139 cm³/mol. The summed E-state index contributed by atoms with van der Waals surface area (Å²) in [4.78, 5) is 0. The van der Waals surface area contributed by atoms with Crippen molar-refractivity contribution in [2.24, 2.45) is 0 Å². The lowest BCUT2D eigenvalue weighted by Gasteiger charge is -2.23. The highest BCUT2D eigenvalue weighted by molar-refractivity contribution is 7.38. The zero-order valence-electron chi connectivity index (χ0n) is 18.2. The smallest absolute Gasteiger partial charge is 0.224 e. The number of aryl methyl sites for hydroxylation is 1. The highest BCUT2D eigenvalue weighted by Gasteiger charge is 2.26. The van der Waals surface area contributed by atoms with Gasteiger partial charge in [0, 0.05) is 10.8 Å². The van der Waals surface area contributed by atoms with E-state index in [4.69, 9.17) is 8.39 Å². The van der Waals surface area contributed by atoms with Gasteiger partial charge >= 0.3 is 0 Å². The number of rotatable bonds is 1. The van der Waals surface area contributed by atoms with Crippen molar-refractivity contribution < 1.29 is 8.39 Å². The summed E-state index contributed by atoms with van der Waals surface area (Å²) in [6, 6.07) is 34.6. The molecule has 0 spiro atoms. The van der Waals surface area contributed by atoms with Crippen LogP contribution in [0.4, 0.5) is 0 Å². The van der Waals surface area contributed by atoms with Crippen molar-refractivity contribution in [3.63, 3.8) is 0 Å². The highest BCUT2D eigenvalue weighted by Crippen LogP contribution is 2.52. The molecule has 33 heavy (non-hydrogen) atoms. The summed E-state index contributed by atoms with van der Waals surface area (Å²) in [5.41, 5.74) is 4.95. The van der Waals surface area contributed by atoms with Crippen LogP contribution in [0.1, 0.15) is 29.6 Å². The van der Waals surface area contributed by atoms with Crippen LogP contribution in [0, 0.1) is 0 Å². The minimum atomic E-state index is -1.19. The van der Waals surface area contributed by atoms with Crippen molar-refractivity contribution in [3.05, 3.63) is 108 Å². The van der Waals surface area contributed by atoms with E-state index in [1.54, 1.807) is 0 Å². The molecule has 0 bridgehead atoms. The Morgan fingerprint density at radius 2 is 1.18 bits per heavy atom. The molecular formula is C30H23O2P. The summed E-state index contributed by atoms with van der Waals surface area (Å²) in [6.07, 6.45) is 3.40. The Balaban J connectivity index is 1.67. The lowest BCUT2D eigenvalue weighted by Crippen LogP contribution is -2.05. The van der Waals surface area contributed by atoms with Crippen molar-refractivity contribution in [1.29, 1.82) is 0 Å². The van der Waals surface area contributed by atoms with Crippen LogP contribution in [0.3, 0.4) is 0 Å². The summed E-state index contributed by atoms with van der Waals surface area (Å²) < 4.78 is 13.7. The Morgan fingerprint density at radius 1 is 0.606 bits per heavy atom. The molecule has 0 saturated carbocycles. The SMILES string of the molecule is c1ccc2c(c1)CCCC2p1oc2ccc3ccccc3c2c2c(ccc3ccccc32)o1. The molecule has 0 radical (unpaired) electrons. The second kappa shape index (κ2) is 7.54. The molecule has 0 amide bonds. The number of benzene rings is 5. The Kier molecular flexibility index (Phi) is 4.35. The molecule has 0 fully saturated rings. The third-order valence-electron chi connectivity index (χ3n) is 7.00. The molecule has 1 atom stereocenters. The fraction of sp³-hybridized carbons (Fsp3) is 0.133. The molecule has 1 unspecified atom stereocenters. The minimum absolute atomic E-state index is 0.265. The molecule has 7 rings (SSSR count). The van der Waals surface area contributed by atoms with E-state index in [0.29, 0.717) is 0 Å². The van der Waals surface area contributed by atoms with Crippen LogP contribution < -0.4 is 0 Å². The minimum Gasteiger partial charge on any atom is -0.419 e. The van der Waals surface area contributed by atoms with E-state index < -0.39 is 8.01 Å². The van der Waals surface area contributed by atoms with Crippen LogP contribution in [0.5, 0.6) is 0 Å². The van der Waals surface area contributed by atoms with Gasteiger partial charge in [-0.15, -0.1) is 0 Å². The van der Waals surface area contributed by atoms with Gasteiger partial charge in [0.2, 0.25) is 8.01 Å². The summed E-state index contributed by atoms with van der Waals surface area (Å²) in [7, 11) is -1.19. The second-order valence-electron chi connectivity index (χ2n) is 8.89. The van der Waals surface area contributed by atoms with Gasteiger partial charge in [0.05, 0.1) is 5.66 Å². The van der Waals surface area contributed by atoms with E-state index in [2.05, 4.69) is 97.1 Å². The van der Waals surface area contributed by atoms with Crippen LogP contribution in [0.15, 0.2) is 105 Å². The van der Waals surface area contributed by atoms with Crippen molar-refractivity contribution in [2.45, 2.75) is 24.9 Å². The molecule has 1 heterocycles. The lowest BCUT2D eigenvalue weighted by molar-refractivity contribution is 0.585. The van der Waals surface area contributed by atoms with E-state index in [1.165, 1.54) is 39.1 Å². The summed E-state index contributed by atoms with van der Waals surface area (Å²) in [5.74, 6) is 0. The molecule has 1 aromatic heterocycles. The van der Waals surface area contributed by atoms with Crippen LogP contribution >= 0.6 is 8.01 Å². The molecule has 1 aliphatic rings. The monoisotopic (exact) mass is 446 g/mol. The molecule has 160 valence electrons. The van der Waals surface area contributed by atoms with E-state index in [9.17, 15) is 0 Å². The van der Waals surface area contributed by atoms with Crippen molar-refractivity contribution in [1.82, 2.24) is 0 Å². The zero-order valence-corrected chi connectivity index (χ0v) is 19.1.